The number of rotatable bonds is 3. The van der Waals surface area contributed by atoms with Gasteiger partial charge in [-0.05, 0) is 112 Å². The number of nitrogens with one attached hydrogen (secondary N) is 1. The number of Topliss-reactive ketones (excluding diaryl/α,β-unsaturated/α-hetero) is 1. The molecule has 0 saturated carbocycles. The molecule has 0 spiro atoms. The van der Waals surface area contributed by atoms with Gasteiger partial charge in [0.05, 0.1) is 27.5 Å². The maximum atomic E-state index is 14.0. The first-order valence-electron chi connectivity index (χ1n) is 14.7. The zero-order chi connectivity index (χ0) is 35.2. The van der Waals surface area contributed by atoms with Gasteiger partial charge in [0.2, 0.25) is 0 Å². The fourth-order valence-corrected chi connectivity index (χ4v) is 8.33. The molecule has 7 rings (SSSR count). The molecule has 248 valence electrons. The summed E-state index contributed by atoms with van der Waals surface area (Å²) in [5.41, 5.74) is 1.37. The lowest BCUT2D eigenvalue weighted by atomic mass is 9.74. The van der Waals surface area contributed by atoms with E-state index in [0.29, 0.717) is 52.1 Å². The first-order chi connectivity index (χ1) is 23.0. The number of nitrogens with zero attached hydrogens (tertiary/aromatic N) is 1. The van der Waals surface area contributed by atoms with E-state index in [0.717, 1.165) is 23.8 Å². The summed E-state index contributed by atoms with van der Waals surface area (Å²) in [6.07, 6.45) is -7.51. The molecule has 49 heavy (non-hydrogen) atoms. The van der Waals surface area contributed by atoms with Crippen LogP contribution in [0.5, 0.6) is 0 Å². The predicted octanol–water partition coefficient (Wildman–Crippen LogP) is 12.5. The molecule has 0 amide bonds. The number of hydrogen-bond donors (Lipinski definition) is 1. The van der Waals surface area contributed by atoms with Crippen LogP contribution in [0.25, 0.3) is 17.2 Å². The number of anilines is 3. The molecule has 2 heterocycles. The number of ketones is 1. The van der Waals surface area contributed by atoms with Crippen molar-refractivity contribution in [3.8, 4) is 11.1 Å². The maximum Gasteiger partial charge on any atom is 0.417 e. The summed E-state index contributed by atoms with van der Waals surface area (Å²) in [7, 11) is 0. The third kappa shape index (κ3) is 5.59. The van der Waals surface area contributed by atoms with Gasteiger partial charge in [0, 0.05) is 36.2 Å². The lowest BCUT2D eigenvalue weighted by Crippen LogP contribution is -2.29. The SMILES string of the molecule is CC1(C)c2cc(-c3ccccc3C(F)(F)F)ccc2N(c2ccc(C(F)(F)F)cc2)c2sc(/C=C3/C(=N)c4cc(Cl)c(I)cc4C3=O)cc21. The zero-order valence-electron chi connectivity index (χ0n) is 25.4. The third-order valence-electron chi connectivity index (χ3n) is 8.89. The van der Waals surface area contributed by atoms with E-state index in [4.69, 9.17) is 17.0 Å². The second kappa shape index (κ2) is 11.6. The van der Waals surface area contributed by atoms with Crippen LogP contribution in [0.1, 0.15) is 56.9 Å². The van der Waals surface area contributed by atoms with Gasteiger partial charge in [0.15, 0.2) is 5.78 Å². The highest BCUT2D eigenvalue weighted by molar-refractivity contribution is 14.1. The van der Waals surface area contributed by atoms with Gasteiger partial charge >= 0.3 is 12.4 Å². The Labute approximate surface area is 299 Å². The van der Waals surface area contributed by atoms with Crippen molar-refractivity contribution in [3.63, 3.8) is 0 Å². The van der Waals surface area contributed by atoms with E-state index in [1.165, 1.54) is 41.7 Å². The number of alkyl halides is 6. The number of halogens is 8. The molecule has 0 atom stereocenters. The highest BCUT2D eigenvalue weighted by Crippen LogP contribution is 2.56. The first kappa shape index (κ1) is 33.6. The number of thiophene rings is 1. The van der Waals surface area contributed by atoms with Gasteiger partial charge < -0.3 is 4.90 Å². The largest absolute Gasteiger partial charge is 0.417 e. The van der Waals surface area contributed by atoms with Crippen molar-refractivity contribution in [2.45, 2.75) is 31.6 Å². The molecule has 2 aliphatic rings. The minimum atomic E-state index is -4.59. The molecule has 0 radical (unpaired) electrons. The quantitative estimate of drug-likeness (QED) is 0.112. The van der Waals surface area contributed by atoms with Crippen LogP contribution >= 0.6 is 45.5 Å². The van der Waals surface area contributed by atoms with Gasteiger partial charge in [0.25, 0.3) is 0 Å². The summed E-state index contributed by atoms with van der Waals surface area (Å²) >= 11 is 9.61. The van der Waals surface area contributed by atoms with E-state index >= 15 is 0 Å². The van der Waals surface area contributed by atoms with E-state index < -0.39 is 28.9 Å². The Balaban J connectivity index is 1.41. The van der Waals surface area contributed by atoms with Crippen molar-refractivity contribution in [1.82, 2.24) is 0 Å². The maximum absolute atomic E-state index is 14.0. The highest BCUT2D eigenvalue weighted by atomic mass is 127. The lowest BCUT2D eigenvalue weighted by molar-refractivity contribution is -0.138. The van der Waals surface area contributed by atoms with Crippen molar-refractivity contribution >= 4 is 79.5 Å². The van der Waals surface area contributed by atoms with E-state index in [2.05, 4.69) is 0 Å². The summed E-state index contributed by atoms with van der Waals surface area (Å²) in [4.78, 5) is 15.9. The van der Waals surface area contributed by atoms with Gasteiger partial charge in [-0.2, -0.15) is 26.3 Å². The normalized spacial score (nSPS) is 16.2. The average Bonchev–Trinajstić information content (AvgIpc) is 3.56. The monoisotopic (exact) mass is 818 g/mol. The summed E-state index contributed by atoms with van der Waals surface area (Å²) < 4.78 is 83.3. The number of hydrogen-bond acceptors (Lipinski definition) is 4. The van der Waals surface area contributed by atoms with E-state index in [1.54, 1.807) is 41.3 Å². The second-order valence-corrected chi connectivity index (χ2v) is 14.9. The van der Waals surface area contributed by atoms with E-state index in [-0.39, 0.29) is 22.6 Å². The topological polar surface area (TPSA) is 44.2 Å². The van der Waals surface area contributed by atoms with E-state index in [9.17, 15) is 31.1 Å². The molecule has 0 fully saturated rings. The third-order valence-corrected chi connectivity index (χ3v) is 11.5. The Hall–Kier alpha value is -3.94. The second-order valence-electron chi connectivity index (χ2n) is 12.2. The Bertz CT molecular complexity index is 2210. The number of allylic oxidation sites excluding steroid dienone is 1. The molecule has 5 aromatic rings. The molecule has 1 aliphatic carbocycles. The van der Waals surface area contributed by atoms with Crippen molar-refractivity contribution in [1.29, 1.82) is 5.41 Å². The summed E-state index contributed by atoms with van der Waals surface area (Å²) in [5, 5.41) is 9.85. The molecular formula is C37H22ClF6IN2OS. The van der Waals surface area contributed by atoms with Gasteiger partial charge in [-0.1, -0.05) is 49.7 Å². The fourth-order valence-electron chi connectivity index (χ4n) is 6.40. The molecule has 3 nitrogen and oxygen atoms in total. The Morgan fingerprint density at radius 3 is 2.20 bits per heavy atom. The van der Waals surface area contributed by atoms with Crippen LogP contribution in [0.4, 0.5) is 42.7 Å². The van der Waals surface area contributed by atoms with Crippen molar-refractivity contribution in [2.75, 3.05) is 4.90 Å². The van der Waals surface area contributed by atoms with Crippen LogP contribution in [0.15, 0.2) is 90.5 Å². The standard InChI is InChI=1S/C37H22ClF6IN2OS/c1-35(2)27-13-18(22-5-3-4-6-26(22)37(42,43)44)7-12-31(27)47(20-10-8-19(9-11-20)36(39,40)41)34-28(35)15-21(49-34)14-25-32(46)23-16-29(38)30(45)17-24(23)33(25)48/h3-17,46H,1-2H3/b25-14-,46-32?. The van der Waals surface area contributed by atoms with Crippen molar-refractivity contribution in [3.05, 3.63) is 137 Å². The molecule has 0 saturated heterocycles. The number of fused-ring (bicyclic) bond motifs is 3. The van der Waals surface area contributed by atoms with Gasteiger partial charge in [-0.25, -0.2) is 0 Å². The van der Waals surface area contributed by atoms with Crippen LogP contribution in [0.2, 0.25) is 5.02 Å². The average molecular weight is 819 g/mol. The molecule has 1 aromatic heterocycles. The van der Waals surface area contributed by atoms with Crippen LogP contribution in [0.3, 0.4) is 0 Å². The van der Waals surface area contributed by atoms with Gasteiger partial charge in [-0.15, -0.1) is 11.3 Å². The minimum Gasteiger partial charge on any atom is -0.301 e. The fraction of sp³-hybridized carbons (Fsp3) is 0.135. The number of carbonyl (C=O) groups excluding carboxylic acids is 1. The van der Waals surface area contributed by atoms with Crippen molar-refractivity contribution in [2.24, 2.45) is 0 Å². The molecule has 0 unspecified atom stereocenters. The van der Waals surface area contributed by atoms with Crippen molar-refractivity contribution < 1.29 is 31.1 Å². The molecule has 0 bridgehead atoms. The highest BCUT2D eigenvalue weighted by Gasteiger charge is 2.41. The first-order valence-corrected chi connectivity index (χ1v) is 17.0. The van der Waals surface area contributed by atoms with Crippen LogP contribution in [-0.4, -0.2) is 11.5 Å². The molecule has 12 heteroatoms. The number of benzene rings is 4. The summed E-state index contributed by atoms with van der Waals surface area (Å²) in [5.74, 6) is -0.323. The van der Waals surface area contributed by atoms with Gasteiger partial charge in [-0.3, -0.25) is 10.2 Å². The lowest BCUT2D eigenvalue weighted by Gasteiger charge is -2.40. The number of carbonyl (C=O) groups is 1. The van der Waals surface area contributed by atoms with Crippen LogP contribution < -0.4 is 4.90 Å². The molecule has 1 aliphatic heterocycles. The molecular weight excluding hydrogens is 797 g/mol. The Morgan fingerprint density at radius 2 is 1.53 bits per heavy atom. The molecule has 4 aromatic carbocycles. The smallest absolute Gasteiger partial charge is 0.301 e. The van der Waals surface area contributed by atoms with Crippen LogP contribution in [0, 0.1) is 8.98 Å². The van der Waals surface area contributed by atoms with E-state index in [1.807, 2.05) is 42.5 Å². The summed E-state index contributed by atoms with van der Waals surface area (Å²) in [6, 6.07) is 20.1. The Kier molecular flexibility index (Phi) is 7.92. The minimum absolute atomic E-state index is 0.00352. The van der Waals surface area contributed by atoms with Gasteiger partial charge in [0.1, 0.15) is 5.00 Å². The predicted molar refractivity (Wildman–Crippen MR) is 190 cm³/mol. The summed E-state index contributed by atoms with van der Waals surface area (Å²) in [6.45, 7) is 3.86. The zero-order valence-corrected chi connectivity index (χ0v) is 29.2. The van der Waals surface area contributed by atoms with Crippen LogP contribution in [-0.2, 0) is 17.8 Å². The molecule has 1 N–H and O–H groups in total. The Morgan fingerprint density at radius 1 is 0.837 bits per heavy atom.